The largest absolute Gasteiger partial charge is 0.481 e. The predicted molar refractivity (Wildman–Crippen MR) is 197 cm³/mol. The third-order valence-corrected chi connectivity index (χ3v) is 10.1. The van der Waals surface area contributed by atoms with E-state index in [2.05, 4.69) is 30.4 Å². The molecule has 12 nitrogen and oxygen atoms in total. The maximum absolute atomic E-state index is 13.5. The average molecular weight is 729 g/mol. The molecule has 0 radical (unpaired) electrons. The zero-order chi connectivity index (χ0) is 35.8. The molecule has 1 unspecified atom stereocenters. The van der Waals surface area contributed by atoms with E-state index in [1.807, 2.05) is 30.3 Å². The van der Waals surface area contributed by atoms with Gasteiger partial charge in [-0.3, -0.25) is 29.2 Å². The molecule has 4 N–H and O–H groups in total. The van der Waals surface area contributed by atoms with Gasteiger partial charge in [-0.05, 0) is 47.9 Å². The Hall–Kier alpha value is -4.85. The highest BCUT2D eigenvalue weighted by molar-refractivity contribution is 6.39. The average Bonchev–Trinajstić information content (AvgIpc) is 3.50. The standard InChI is InChI=1S/C37H35Cl2N7O5/c1-44-15-22(17-45-11-9-25(47)20-45)13-28(36(44)49)35(48)43-30-7-3-5-27(32(30)39)26-4-2-6-29(31(26)38)42-34-33-23(8-10-40-34)12-21(14-41-33)16-46-18-24(19-46)37(50)51/h2-8,10,12-15,24-25,47H,9,11,16-20H2,1H3,(H,40,42)(H,43,48)(H,50,51). The number of pyridine rings is 3. The van der Waals surface area contributed by atoms with Crippen LogP contribution in [0.3, 0.4) is 0 Å². The van der Waals surface area contributed by atoms with Crippen LogP contribution in [0.25, 0.3) is 22.0 Å². The number of carbonyl (C=O) groups is 2. The van der Waals surface area contributed by atoms with Crippen molar-refractivity contribution in [2.45, 2.75) is 25.6 Å². The van der Waals surface area contributed by atoms with Gasteiger partial charge in [-0.15, -0.1) is 0 Å². The van der Waals surface area contributed by atoms with Crippen molar-refractivity contribution in [2.24, 2.45) is 13.0 Å². The summed E-state index contributed by atoms with van der Waals surface area (Å²) < 4.78 is 1.39. The van der Waals surface area contributed by atoms with Crippen molar-refractivity contribution in [1.82, 2.24) is 24.3 Å². The number of hydrogen-bond donors (Lipinski definition) is 4. The number of aryl methyl sites for hydroxylation is 1. The number of benzene rings is 2. The number of carboxylic acids is 1. The van der Waals surface area contributed by atoms with Gasteiger partial charge in [-0.2, -0.15) is 0 Å². The first-order valence-electron chi connectivity index (χ1n) is 16.5. The number of halogens is 2. The molecule has 3 aromatic heterocycles. The highest BCUT2D eigenvalue weighted by Gasteiger charge is 2.32. The number of amides is 1. The molecule has 5 aromatic rings. The number of hydrogen-bond acceptors (Lipinski definition) is 9. The summed E-state index contributed by atoms with van der Waals surface area (Å²) in [5.41, 5.74) is 4.01. The molecule has 2 aliphatic heterocycles. The van der Waals surface area contributed by atoms with Gasteiger partial charge in [0.1, 0.15) is 11.1 Å². The Labute approximate surface area is 303 Å². The van der Waals surface area contributed by atoms with Crippen molar-refractivity contribution in [3.8, 4) is 11.1 Å². The van der Waals surface area contributed by atoms with Crippen LogP contribution in [0.5, 0.6) is 0 Å². The highest BCUT2D eigenvalue weighted by atomic mass is 35.5. The molecule has 0 aliphatic carbocycles. The summed E-state index contributed by atoms with van der Waals surface area (Å²) >= 11 is 13.9. The third-order valence-electron chi connectivity index (χ3n) is 9.30. The maximum Gasteiger partial charge on any atom is 0.309 e. The van der Waals surface area contributed by atoms with Crippen molar-refractivity contribution in [3.05, 3.63) is 110 Å². The van der Waals surface area contributed by atoms with Crippen molar-refractivity contribution in [3.63, 3.8) is 0 Å². The number of likely N-dealkylation sites (tertiary alicyclic amines) is 2. The molecule has 0 saturated carbocycles. The molecule has 2 fully saturated rings. The van der Waals surface area contributed by atoms with Crippen LogP contribution in [0.15, 0.2) is 78.0 Å². The van der Waals surface area contributed by atoms with Gasteiger partial charge in [-0.1, -0.05) is 47.5 Å². The molecule has 0 bridgehead atoms. The third kappa shape index (κ3) is 7.32. The molecule has 14 heteroatoms. The number of aromatic nitrogens is 3. The molecule has 51 heavy (non-hydrogen) atoms. The topological polar surface area (TPSA) is 153 Å². The molecule has 0 spiro atoms. The van der Waals surface area contributed by atoms with Gasteiger partial charge in [0.15, 0.2) is 5.82 Å². The van der Waals surface area contributed by atoms with Gasteiger partial charge in [0.25, 0.3) is 11.5 Å². The van der Waals surface area contributed by atoms with Crippen LogP contribution in [0, 0.1) is 5.92 Å². The second-order valence-electron chi connectivity index (χ2n) is 13.1. The van der Waals surface area contributed by atoms with Crippen LogP contribution in [0.4, 0.5) is 17.2 Å². The van der Waals surface area contributed by atoms with E-state index >= 15 is 0 Å². The molecule has 2 aromatic carbocycles. The van der Waals surface area contributed by atoms with E-state index in [9.17, 15) is 24.6 Å². The lowest BCUT2D eigenvalue weighted by atomic mass is 10.00. The van der Waals surface area contributed by atoms with Gasteiger partial charge in [-0.25, -0.2) is 4.98 Å². The number of anilines is 3. The highest BCUT2D eigenvalue weighted by Crippen LogP contribution is 2.41. The Balaban J connectivity index is 1.10. The summed E-state index contributed by atoms with van der Waals surface area (Å²) in [4.78, 5) is 51.0. The number of aliphatic carboxylic acids is 1. The van der Waals surface area contributed by atoms with Crippen LogP contribution in [-0.2, 0) is 24.9 Å². The van der Waals surface area contributed by atoms with Gasteiger partial charge < -0.3 is 25.4 Å². The molecule has 1 amide bonds. The fourth-order valence-corrected chi connectivity index (χ4v) is 7.18. The molecular weight excluding hydrogens is 693 g/mol. The van der Waals surface area contributed by atoms with Crippen molar-refractivity contribution in [1.29, 1.82) is 0 Å². The second kappa shape index (κ2) is 14.4. The van der Waals surface area contributed by atoms with Crippen LogP contribution >= 0.6 is 23.2 Å². The first-order valence-corrected chi connectivity index (χ1v) is 17.2. The summed E-state index contributed by atoms with van der Waals surface area (Å²) in [5.74, 6) is -1.18. The van der Waals surface area contributed by atoms with Crippen LogP contribution < -0.4 is 16.2 Å². The molecule has 7 rings (SSSR count). The van der Waals surface area contributed by atoms with Gasteiger partial charge in [0, 0.05) is 81.4 Å². The van der Waals surface area contributed by atoms with E-state index < -0.39 is 17.4 Å². The number of β-amino-alcohol motifs (C(OH)–C–C–N with tert-alkyl or cyclic N) is 1. The minimum atomic E-state index is -0.768. The normalized spacial score (nSPS) is 16.7. The van der Waals surface area contributed by atoms with E-state index in [1.54, 1.807) is 49.9 Å². The Morgan fingerprint density at radius 1 is 0.922 bits per heavy atom. The number of carbonyl (C=O) groups excluding carboxylic acids is 1. The smallest absolute Gasteiger partial charge is 0.309 e. The summed E-state index contributed by atoms with van der Waals surface area (Å²) in [6.45, 7) is 3.43. The zero-order valence-electron chi connectivity index (χ0n) is 27.6. The lowest BCUT2D eigenvalue weighted by molar-refractivity contribution is -0.147. The van der Waals surface area contributed by atoms with E-state index in [1.165, 1.54) is 4.57 Å². The monoisotopic (exact) mass is 727 g/mol. The first-order chi connectivity index (χ1) is 24.5. The van der Waals surface area contributed by atoms with Crippen molar-refractivity contribution < 1.29 is 19.8 Å². The lowest BCUT2D eigenvalue weighted by Gasteiger charge is -2.36. The van der Waals surface area contributed by atoms with Gasteiger partial charge in [0.05, 0.1) is 33.4 Å². The SMILES string of the molecule is Cn1cc(CN2CCC(O)C2)cc(C(=O)Nc2cccc(-c3cccc(Nc4nccc5cc(CN6CC(C(=O)O)C6)cnc45)c3Cl)c2Cl)c1=O. The molecule has 2 aliphatic rings. The fraction of sp³-hybridized carbons (Fsp3) is 0.270. The van der Waals surface area contributed by atoms with Crippen LogP contribution in [-0.4, -0.2) is 78.7 Å². The number of aliphatic hydroxyl groups excluding tert-OH is 1. The molecule has 5 heterocycles. The summed E-state index contributed by atoms with van der Waals surface area (Å²) in [7, 11) is 1.60. The van der Waals surface area contributed by atoms with E-state index in [4.69, 9.17) is 23.2 Å². The maximum atomic E-state index is 13.5. The number of nitrogens with zero attached hydrogens (tertiary/aromatic N) is 5. The minimum Gasteiger partial charge on any atom is -0.481 e. The second-order valence-corrected chi connectivity index (χ2v) is 13.8. The van der Waals surface area contributed by atoms with Crippen molar-refractivity contribution >= 4 is 63.2 Å². The molecule has 1 atom stereocenters. The minimum absolute atomic E-state index is 0.0175. The number of rotatable bonds is 10. The Kier molecular flexibility index (Phi) is 9.77. The zero-order valence-corrected chi connectivity index (χ0v) is 29.2. The molecular formula is C37H35Cl2N7O5. The number of aliphatic hydroxyl groups is 1. The van der Waals surface area contributed by atoms with E-state index in [0.29, 0.717) is 78.0 Å². The summed E-state index contributed by atoms with van der Waals surface area (Å²) in [5, 5.41) is 26.7. The number of fused-ring (bicyclic) bond motifs is 1. The van der Waals surface area contributed by atoms with Gasteiger partial charge in [0.2, 0.25) is 0 Å². The summed E-state index contributed by atoms with van der Waals surface area (Å²) in [6.07, 6.45) is 5.47. The van der Waals surface area contributed by atoms with E-state index in [-0.39, 0.29) is 22.6 Å². The lowest BCUT2D eigenvalue weighted by Crippen LogP contribution is -2.49. The van der Waals surface area contributed by atoms with Crippen molar-refractivity contribution in [2.75, 3.05) is 36.8 Å². The Morgan fingerprint density at radius 2 is 1.63 bits per heavy atom. The first kappa shape index (κ1) is 34.6. The number of nitrogens with one attached hydrogen (secondary N) is 2. The number of carboxylic acid groups (broad SMARTS) is 1. The van der Waals surface area contributed by atoms with Crippen LogP contribution in [0.1, 0.15) is 27.9 Å². The summed E-state index contributed by atoms with van der Waals surface area (Å²) in [6, 6.07) is 16.1. The van der Waals surface area contributed by atoms with Gasteiger partial charge >= 0.3 is 5.97 Å². The molecule has 2 saturated heterocycles. The quantitative estimate of drug-likeness (QED) is 0.148. The van der Waals surface area contributed by atoms with Crippen LogP contribution in [0.2, 0.25) is 10.0 Å². The Bertz CT molecular complexity index is 2220. The Morgan fingerprint density at radius 3 is 2.33 bits per heavy atom. The fourth-order valence-electron chi connectivity index (χ4n) is 6.63. The molecule has 262 valence electrons. The van der Waals surface area contributed by atoms with E-state index in [0.717, 1.165) is 23.1 Å². The predicted octanol–water partition coefficient (Wildman–Crippen LogP) is 5.38.